The average Bonchev–Trinajstić information content (AvgIpc) is 2.71. The molecule has 16 heavy (non-hydrogen) atoms. The van der Waals surface area contributed by atoms with Gasteiger partial charge in [0.15, 0.2) is 0 Å². The van der Waals surface area contributed by atoms with Crippen molar-refractivity contribution in [2.45, 2.75) is 32.6 Å². The summed E-state index contributed by atoms with van der Waals surface area (Å²) in [4.78, 5) is 18.7. The first kappa shape index (κ1) is 17.0. The molecular weight excluding hydrogens is 212 g/mol. The van der Waals surface area contributed by atoms with Crippen LogP contribution in [0.1, 0.15) is 32.6 Å². The molecule has 0 aromatic carbocycles. The molecule has 1 saturated carbocycles. The highest BCUT2D eigenvalue weighted by atomic mass is 16.5. The fourth-order valence-corrected chi connectivity index (χ4v) is 1.13. The predicted molar refractivity (Wildman–Crippen MR) is 60.8 cm³/mol. The van der Waals surface area contributed by atoms with Gasteiger partial charge in [0, 0.05) is 0 Å². The van der Waals surface area contributed by atoms with Gasteiger partial charge in [0.1, 0.15) is 0 Å². The molecule has 0 bridgehead atoms. The Morgan fingerprint density at radius 1 is 1.00 bits per heavy atom. The van der Waals surface area contributed by atoms with Crippen molar-refractivity contribution in [1.82, 2.24) is 0 Å². The van der Waals surface area contributed by atoms with Gasteiger partial charge in [0.2, 0.25) is 0 Å². The lowest BCUT2D eigenvalue weighted by molar-refractivity contribution is 0.181. The Morgan fingerprint density at radius 3 is 1.31 bits per heavy atom. The van der Waals surface area contributed by atoms with Crippen LogP contribution in [0.25, 0.3) is 0 Å². The summed E-state index contributed by atoms with van der Waals surface area (Å²) in [5, 5.41) is 0. The van der Waals surface area contributed by atoms with Gasteiger partial charge in [0.05, 0.1) is 14.2 Å². The van der Waals surface area contributed by atoms with Crippen molar-refractivity contribution in [3.05, 3.63) is 0 Å². The minimum absolute atomic E-state index is 0.745. The van der Waals surface area contributed by atoms with E-state index >= 15 is 0 Å². The number of carbonyl (C=O) groups excluding carboxylic acids is 2. The van der Waals surface area contributed by atoms with Gasteiger partial charge in [-0.1, -0.05) is 32.6 Å². The van der Waals surface area contributed by atoms with Crippen LogP contribution in [0.2, 0.25) is 0 Å². The molecular formula is C10H22N2O4. The highest BCUT2D eigenvalue weighted by Crippen LogP contribution is 2.22. The summed E-state index contributed by atoms with van der Waals surface area (Å²) in [7, 11) is 2.45. The second-order valence-electron chi connectivity index (χ2n) is 3.44. The van der Waals surface area contributed by atoms with Crippen LogP contribution in [0.5, 0.6) is 0 Å². The summed E-state index contributed by atoms with van der Waals surface area (Å²) < 4.78 is 7.78. The number of hydrogen-bond acceptors (Lipinski definition) is 4. The van der Waals surface area contributed by atoms with Gasteiger partial charge in [-0.05, 0) is 5.92 Å². The van der Waals surface area contributed by atoms with Crippen molar-refractivity contribution in [1.29, 1.82) is 0 Å². The molecule has 6 nitrogen and oxygen atoms in total. The van der Waals surface area contributed by atoms with Crippen molar-refractivity contribution < 1.29 is 19.1 Å². The van der Waals surface area contributed by atoms with Crippen molar-refractivity contribution in [3.63, 3.8) is 0 Å². The number of rotatable bonds is 0. The normalized spacial score (nSPS) is 13.7. The number of primary amides is 2. The molecule has 6 heteroatoms. The molecule has 1 rings (SSSR count). The number of nitrogens with two attached hydrogens (primary N) is 2. The molecule has 0 atom stereocenters. The maximum atomic E-state index is 9.37. The van der Waals surface area contributed by atoms with Crippen LogP contribution in [0, 0.1) is 5.92 Å². The molecule has 0 heterocycles. The third-order valence-electron chi connectivity index (χ3n) is 2.05. The maximum Gasteiger partial charge on any atom is 0.404 e. The van der Waals surface area contributed by atoms with Crippen LogP contribution in [-0.4, -0.2) is 26.4 Å². The Morgan fingerprint density at radius 2 is 1.25 bits per heavy atom. The summed E-state index contributed by atoms with van der Waals surface area (Å²) in [6.07, 6.45) is 4.46. The molecule has 1 aliphatic carbocycles. The zero-order valence-corrected chi connectivity index (χ0v) is 10.2. The summed E-state index contributed by atoms with van der Waals surface area (Å²) in [5.41, 5.74) is 8.86. The lowest BCUT2D eigenvalue weighted by Crippen LogP contribution is -2.08. The number of hydrogen-bond donors (Lipinski definition) is 2. The minimum atomic E-state index is -0.745. The van der Waals surface area contributed by atoms with Crippen molar-refractivity contribution in [2.75, 3.05) is 14.2 Å². The van der Waals surface area contributed by atoms with E-state index in [1.54, 1.807) is 0 Å². The van der Waals surface area contributed by atoms with Gasteiger partial charge in [-0.2, -0.15) is 0 Å². The fourth-order valence-electron chi connectivity index (χ4n) is 1.13. The standard InChI is InChI=1S/C6H12.2C2H5NO2/c1-6-4-2-3-5-6;2*1-5-2(3)4/h6H,2-5H2,1H3;2*1H3,(H2,3,4). The number of carbonyl (C=O) groups is 2. The smallest absolute Gasteiger partial charge is 0.404 e. The summed E-state index contributed by atoms with van der Waals surface area (Å²) in [5.74, 6) is 1.05. The first-order valence-electron chi connectivity index (χ1n) is 5.10. The molecule has 4 N–H and O–H groups in total. The topological polar surface area (TPSA) is 105 Å². The van der Waals surface area contributed by atoms with Crippen LogP contribution in [0.4, 0.5) is 9.59 Å². The molecule has 0 aromatic heterocycles. The Bertz CT molecular complexity index is 177. The van der Waals surface area contributed by atoms with E-state index in [2.05, 4.69) is 27.9 Å². The molecule has 0 spiro atoms. The van der Waals surface area contributed by atoms with E-state index in [0.717, 1.165) is 5.92 Å². The highest BCUT2D eigenvalue weighted by Gasteiger charge is 2.07. The first-order valence-corrected chi connectivity index (χ1v) is 5.10. The van der Waals surface area contributed by atoms with Gasteiger partial charge < -0.3 is 20.9 Å². The van der Waals surface area contributed by atoms with Gasteiger partial charge in [-0.3, -0.25) is 0 Å². The fraction of sp³-hybridized carbons (Fsp3) is 0.800. The third-order valence-corrected chi connectivity index (χ3v) is 2.05. The van der Waals surface area contributed by atoms with Gasteiger partial charge in [-0.15, -0.1) is 0 Å². The largest absolute Gasteiger partial charge is 0.453 e. The Labute approximate surface area is 96.3 Å². The van der Waals surface area contributed by atoms with E-state index < -0.39 is 12.2 Å². The molecule has 1 aliphatic rings. The lowest BCUT2D eigenvalue weighted by Gasteiger charge is -1.91. The third kappa shape index (κ3) is 18.3. The average molecular weight is 234 g/mol. The van der Waals surface area contributed by atoms with Gasteiger partial charge >= 0.3 is 12.2 Å². The van der Waals surface area contributed by atoms with E-state index in [1.807, 2.05) is 0 Å². The van der Waals surface area contributed by atoms with Crippen molar-refractivity contribution >= 4 is 12.2 Å². The first-order chi connectivity index (χ1) is 7.43. The molecule has 96 valence electrons. The van der Waals surface area contributed by atoms with Crippen molar-refractivity contribution in [2.24, 2.45) is 17.4 Å². The van der Waals surface area contributed by atoms with E-state index in [-0.39, 0.29) is 0 Å². The van der Waals surface area contributed by atoms with E-state index in [1.165, 1.54) is 39.9 Å². The molecule has 0 saturated heterocycles. The Kier molecular flexibility index (Phi) is 12.3. The highest BCUT2D eigenvalue weighted by molar-refractivity contribution is 5.64. The quantitative estimate of drug-likeness (QED) is 0.664. The maximum absolute atomic E-state index is 9.37. The molecule has 2 amide bonds. The van der Waals surface area contributed by atoms with Crippen LogP contribution in [-0.2, 0) is 9.47 Å². The summed E-state index contributed by atoms with van der Waals surface area (Å²) in [6, 6.07) is 0. The minimum Gasteiger partial charge on any atom is -0.453 e. The predicted octanol–water partition coefficient (Wildman–Crippen LogP) is 1.62. The molecule has 0 radical (unpaired) electrons. The van der Waals surface area contributed by atoms with Gasteiger partial charge in [-0.25, -0.2) is 9.59 Å². The number of amides is 2. The lowest BCUT2D eigenvalue weighted by atomic mass is 10.2. The summed E-state index contributed by atoms with van der Waals surface area (Å²) >= 11 is 0. The molecule has 1 fully saturated rings. The molecule has 0 aliphatic heterocycles. The van der Waals surface area contributed by atoms with E-state index in [0.29, 0.717) is 0 Å². The zero-order valence-electron chi connectivity index (χ0n) is 10.2. The van der Waals surface area contributed by atoms with Crippen LogP contribution in [0.3, 0.4) is 0 Å². The number of ether oxygens (including phenoxy) is 2. The second kappa shape index (κ2) is 11.6. The summed E-state index contributed by atoms with van der Waals surface area (Å²) in [6.45, 7) is 2.34. The second-order valence-corrected chi connectivity index (χ2v) is 3.44. The van der Waals surface area contributed by atoms with Crippen LogP contribution < -0.4 is 11.5 Å². The van der Waals surface area contributed by atoms with E-state index in [4.69, 9.17) is 0 Å². The van der Waals surface area contributed by atoms with Crippen LogP contribution >= 0.6 is 0 Å². The monoisotopic (exact) mass is 234 g/mol. The Balaban J connectivity index is 0. The SMILES string of the molecule is CC1CCCC1.COC(N)=O.COC(N)=O. The van der Waals surface area contributed by atoms with Crippen molar-refractivity contribution in [3.8, 4) is 0 Å². The molecule has 0 unspecified atom stereocenters. The van der Waals surface area contributed by atoms with Crippen LogP contribution in [0.15, 0.2) is 0 Å². The van der Waals surface area contributed by atoms with Gasteiger partial charge in [0.25, 0.3) is 0 Å². The van der Waals surface area contributed by atoms with E-state index in [9.17, 15) is 9.59 Å². The molecule has 0 aromatic rings. The number of methoxy groups -OCH3 is 2. The zero-order chi connectivity index (χ0) is 13.0. The Hall–Kier alpha value is -1.46.